The molecule has 0 amide bonds. The van der Waals surface area contributed by atoms with Crippen molar-refractivity contribution in [3.05, 3.63) is 5.82 Å². The third-order valence-electron chi connectivity index (χ3n) is 1.30. The van der Waals surface area contributed by atoms with E-state index in [0.29, 0.717) is 11.8 Å². The first-order chi connectivity index (χ1) is 5.72. The fourth-order valence-corrected chi connectivity index (χ4v) is 0.818. The molecule has 0 fully saturated rings. The molecule has 5 heteroatoms. The number of nitrogens with zero attached hydrogens (tertiary/aromatic N) is 3. The van der Waals surface area contributed by atoms with E-state index in [1.165, 1.54) is 0 Å². The Balaban J connectivity index is 2.72. The van der Waals surface area contributed by atoms with Crippen molar-refractivity contribution in [2.75, 3.05) is 17.6 Å². The molecule has 1 heterocycles. The van der Waals surface area contributed by atoms with Crippen LogP contribution in [-0.4, -0.2) is 21.5 Å². The molecule has 1 rings (SSSR count). The van der Waals surface area contributed by atoms with Crippen molar-refractivity contribution in [1.82, 2.24) is 15.0 Å². The van der Waals surface area contributed by atoms with Gasteiger partial charge in [0.15, 0.2) is 0 Å². The molecule has 0 atom stereocenters. The Kier molecular flexibility index (Phi) is 2.79. The monoisotopic (exact) mass is 167 g/mol. The van der Waals surface area contributed by atoms with Gasteiger partial charge >= 0.3 is 0 Å². The van der Waals surface area contributed by atoms with E-state index in [4.69, 9.17) is 5.73 Å². The number of hydrogen-bond acceptors (Lipinski definition) is 5. The molecule has 0 spiro atoms. The topological polar surface area (TPSA) is 76.7 Å². The van der Waals surface area contributed by atoms with Crippen LogP contribution in [0.5, 0.6) is 0 Å². The summed E-state index contributed by atoms with van der Waals surface area (Å²) in [5, 5.41) is 3.03. The number of nitrogens with two attached hydrogens (primary N) is 1. The fraction of sp³-hybridized carbons (Fsp3) is 0.571. The molecule has 66 valence electrons. The molecule has 3 N–H and O–H groups in total. The maximum atomic E-state index is 5.43. The van der Waals surface area contributed by atoms with Gasteiger partial charge in [-0.2, -0.15) is 15.0 Å². The van der Waals surface area contributed by atoms with Crippen molar-refractivity contribution >= 4 is 11.9 Å². The van der Waals surface area contributed by atoms with Crippen LogP contribution in [0.3, 0.4) is 0 Å². The molecule has 0 aliphatic rings. The van der Waals surface area contributed by atoms with Gasteiger partial charge in [-0.15, -0.1) is 0 Å². The summed E-state index contributed by atoms with van der Waals surface area (Å²) in [6.45, 7) is 4.71. The Morgan fingerprint density at radius 2 is 2.08 bits per heavy atom. The largest absolute Gasteiger partial charge is 0.368 e. The van der Waals surface area contributed by atoms with Gasteiger partial charge in [0.1, 0.15) is 5.82 Å². The average Bonchev–Trinajstić information content (AvgIpc) is 1.99. The molecule has 12 heavy (non-hydrogen) atoms. The molecule has 0 aromatic carbocycles. The minimum atomic E-state index is 0.265. The molecule has 1 aromatic rings. The number of anilines is 2. The molecule has 0 saturated heterocycles. The first-order valence-corrected chi connectivity index (χ1v) is 3.94. The summed E-state index contributed by atoms with van der Waals surface area (Å²) in [5.74, 6) is 1.46. The van der Waals surface area contributed by atoms with Crippen LogP contribution in [0.1, 0.15) is 19.2 Å². The molecule has 0 unspecified atom stereocenters. The molecular formula is C7H13N5. The zero-order valence-corrected chi connectivity index (χ0v) is 7.33. The predicted octanol–water partition coefficient (Wildman–Crippen LogP) is 0.584. The van der Waals surface area contributed by atoms with Crippen LogP contribution in [0, 0.1) is 6.92 Å². The average molecular weight is 167 g/mol. The summed E-state index contributed by atoms with van der Waals surface area (Å²) in [4.78, 5) is 11.8. The Morgan fingerprint density at radius 3 is 2.67 bits per heavy atom. The second kappa shape index (κ2) is 3.85. The zero-order chi connectivity index (χ0) is 8.97. The SMILES string of the molecule is CCCNc1nc(C)nc(N)n1. The van der Waals surface area contributed by atoms with Gasteiger partial charge in [-0.1, -0.05) is 6.92 Å². The summed E-state index contributed by atoms with van der Waals surface area (Å²) in [6.07, 6.45) is 1.03. The quantitative estimate of drug-likeness (QED) is 0.688. The molecule has 0 radical (unpaired) electrons. The van der Waals surface area contributed by atoms with Gasteiger partial charge in [0.25, 0.3) is 0 Å². The van der Waals surface area contributed by atoms with E-state index in [9.17, 15) is 0 Å². The number of nitrogen functional groups attached to an aromatic ring is 1. The van der Waals surface area contributed by atoms with E-state index >= 15 is 0 Å². The van der Waals surface area contributed by atoms with Crippen LogP contribution >= 0.6 is 0 Å². The van der Waals surface area contributed by atoms with Gasteiger partial charge in [0, 0.05) is 6.54 Å². The van der Waals surface area contributed by atoms with Gasteiger partial charge in [-0.25, -0.2) is 0 Å². The van der Waals surface area contributed by atoms with Crippen LogP contribution in [-0.2, 0) is 0 Å². The lowest BCUT2D eigenvalue weighted by molar-refractivity contribution is 0.924. The lowest BCUT2D eigenvalue weighted by Crippen LogP contribution is -2.08. The smallest absolute Gasteiger partial charge is 0.227 e. The molecule has 0 bridgehead atoms. The van der Waals surface area contributed by atoms with Gasteiger partial charge in [-0.3, -0.25) is 0 Å². The minimum Gasteiger partial charge on any atom is -0.368 e. The highest BCUT2D eigenvalue weighted by Gasteiger charge is 1.98. The van der Waals surface area contributed by atoms with Gasteiger partial charge in [-0.05, 0) is 13.3 Å². The lowest BCUT2D eigenvalue weighted by atomic mass is 10.5. The normalized spacial score (nSPS) is 9.83. The molecule has 0 aliphatic heterocycles. The van der Waals surface area contributed by atoms with Crippen molar-refractivity contribution in [3.8, 4) is 0 Å². The Hall–Kier alpha value is -1.39. The van der Waals surface area contributed by atoms with Crippen molar-refractivity contribution in [2.45, 2.75) is 20.3 Å². The van der Waals surface area contributed by atoms with E-state index in [1.807, 2.05) is 0 Å². The first-order valence-electron chi connectivity index (χ1n) is 3.94. The van der Waals surface area contributed by atoms with Crippen LogP contribution in [0.4, 0.5) is 11.9 Å². The maximum absolute atomic E-state index is 5.43. The summed E-state index contributed by atoms with van der Waals surface area (Å²) >= 11 is 0. The molecule has 5 nitrogen and oxygen atoms in total. The molecule has 0 saturated carbocycles. The fourth-order valence-electron chi connectivity index (χ4n) is 0.818. The second-order valence-electron chi connectivity index (χ2n) is 2.49. The summed E-state index contributed by atoms with van der Waals surface area (Å²) in [7, 11) is 0. The van der Waals surface area contributed by atoms with Crippen LogP contribution < -0.4 is 11.1 Å². The highest BCUT2D eigenvalue weighted by atomic mass is 15.2. The van der Waals surface area contributed by atoms with E-state index in [0.717, 1.165) is 13.0 Å². The lowest BCUT2D eigenvalue weighted by Gasteiger charge is -2.03. The maximum Gasteiger partial charge on any atom is 0.227 e. The van der Waals surface area contributed by atoms with E-state index in [-0.39, 0.29) is 5.95 Å². The van der Waals surface area contributed by atoms with E-state index < -0.39 is 0 Å². The van der Waals surface area contributed by atoms with Crippen molar-refractivity contribution in [1.29, 1.82) is 0 Å². The van der Waals surface area contributed by atoms with Crippen LogP contribution in [0.15, 0.2) is 0 Å². The van der Waals surface area contributed by atoms with Gasteiger partial charge < -0.3 is 11.1 Å². The van der Waals surface area contributed by atoms with E-state index in [2.05, 4.69) is 27.2 Å². The van der Waals surface area contributed by atoms with Crippen molar-refractivity contribution < 1.29 is 0 Å². The third kappa shape index (κ3) is 2.34. The number of hydrogen-bond donors (Lipinski definition) is 2. The number of nitrogens with one attached hydrogen (secondary N) is 1. The Bertz CT molecular complexity index is 240. The van der Waals surface area contributed by atoms with Crippen LogP contribution in [0.2, 0.25) is 0 Å². The second-order valence-corrected chi connectivity index (χ2v) is 2.49. The van der Waals surface area contributed by atoms with Crippen molar-refractivity contribution in [2.24, 2.45) is 0 Å². The number of rotatable bonds is 3. The summed E-state index contributed by atoms with van der Waals surface area (Å²) < 4.78 is 0. The van der Waals surface area contributed by atoms with Crippen molar-refractivity contribution in [3.63, 3.8) is 0 Å². The highest BCUT2D eigenvalue weighted by molar-refractivity contribution is 5.30. The summed E-state index contributed by atoms with van der Waals surface area (Å²) in [6, 6.07) is 0. The minimum absolute atomic E-state index is 0.265. The molecular weight excluding hydrogens is 154 g/mol. The first kappa shape index (κ1) is 8.70. The molecule has 0 aliphatic carbocycles. The molecule has 1 aromatic heterocycles. The van der Waals surface area contributed by atoms with Gasteiger partial charge in [0.05, 0.1) is 0 Å². The summed E-state index contributed by atoms with van der Waals surface area (Å²) in [5.41, 5.74) is 5.43. The highest BCUT2D eigenvalue weighted by Crippen LogP contribution is 2.00. The zero-order valence-electron chi connectivity index (χ0n) is 7.33. The Morgan fingerprint density at radius 1 is 1.33 bits per heavy atom. The standard InChI is InChI=1S/C7H13N5/c1-3-4-9-7-11-5(2)10-6(8)12-7/h3-4H2,1-2H3,(H3,8,9,10,11,12). The van der Waals surface area contributed by atoms with Gasteiger partial charge in [0.2, 0.25) is 11.9 Å². The number of aryl methyl sites for hydroxylation is 1. The van der Waals surface area contributed by atoms with E-state index in [1.54, 1.807) is 6.92 Å². The third-order valence-corrected chi connectivity index (χ3v) is 1.30. The Labute approximate surface area is 71.4 Å². The number of aromatic nitrogens is 3. The predicted molar refractivity (Wildman–Crippen MR) is 47.8 cm³/mol. The van der Waals surface area contributed by atoms with Crippen LogP contribution in [0.25, 0.3) is 0 Å².